The van der Waals surface area contributed by atoms with Crippen molar-refractivity contribution in [2.45, 2.75) is 376 Å². The molecule has 0 spiro atoms. The number of rotatable bonds is 37. The molecule has 12 heteroatoms. The van der Waals surface area contributed by atoms with Crippen molar-refractivity contribution in [3.05, 3.63) is 0 Å². The fourth-order valence-electron chi connectivity index (χ4n) is 19.7. The second-order valence-electron chi connectivity index (χ2n) is 32.5. The highest BCUT2D eigenvalue weighted by molar-refractivity contribution is 7.42. The molecule has 0 radical (unpaired) electrons. The molecule has 8 rings (SSSR count). The monoisotopic (exact) mass is 1300 g/mol. The highest BCUT2D eigenvalue weighted by Crippen LogP contribution is 2.64. The van der Waals surface area contributed by atoms with E-state index in [4.69, 9.17) is 36.6 Å². The molecule has 0 aromatic carbocycles. The lowest BCUT2D eigenvalue weighted by Gasteiger charge is -2.58. The van der Waals surface area contributed by atoms with Crippen LogP contribution in [0, 0.1) is 94.7 Å². The second kappa shape index (κ2) is 40.4. The van der Waals surface area contributed by atoms with E-state index >= 15 is 9.59 Å². The van der Waals surface area contributed by atoms with Crippen LogP contribution in [0.3, 0.4) is 0 Å². The van der Waals surface area contributed by atoms with Crippen molar-refractivity contribution in [3.8, 4) is 0 Å². The van der Waals surface area contributed by atoms with Crippen LogP contribution in [0.5, 0.6) is 0 Å². The number of hydrogen-bond acceptors (Lipinski definition) is 10. The van der Waals surface area contributed by atoms with Crippen LogP contribution in [0.25, 0.3) is 0 Å². The Bertz CT molecular complexity index is 1770. The van der Waals surface area contributed by atoms with Crippen LogP contribution in [-0.4, -0.2) is 61.8 Å². The number of carbonyl (C=O) groups excluding carboxylic acids is 2. The number of esters is 2. The Balaban J connectivity index is 1.24. The summed E-state index contributed by atoms with van der Waals surface area (Å²) in [5, 5.41) is 0. The maximum Gasteiger partial charge on any atom is 0.333 e. The van der Waals surface area contributed by atoms with Crippen LogP contribution < -0.4 is 0 Å². The average Bonchev–Trinajstić information content (AvgIpc) is 0.744. The van der Waals surface area contributed by atoms with E-state index in [1.54, 1.807) is 0 Å². The molecule has 18 unspecified atom stereocenters. The van der Waals surface area contributed by atoms with Crippen LogP contribution >= 0.6 is 17.2 Å². The summed E-state index contributed by atoms with van der Waals surface area (Å²) in [6, 6.07) is 0. The average molecular weight is 1300 g/mol. The zero-order valence-electron chi connectivity index (χ0n) is 59.8. The molecule has 8 saturated carbocycles. The SMILES string of the molecule is CCCCCCCCCCOC(=O)C1CC2CCCCC2C(C2C3CCCCC3CC(C(=O)OCCCCCCCCCC)C2OP(OC2CCCCC2C(C)C)OC2CCCCC2C(C)C)C1OP(OC1CCCCC1C(C)C)OC1CCCCC1C(C)C. The van der Waals surface area contributed by atoms with Gasteiger partial charge in [0, 0.05) is 0 Å². The lowest BCUT2D eigenvalue weighted by Crippen LogP contribution is -2.59. The fraction of sp³-hybridized carbons (Fsp3) is 0.974. The number of carbonyl (C=O) groups is 2. The summed E-state index contributed by atoms with van der Waals surface area (Å²) in [7, 11) is -3.81. The van der Waals surface area contributed by atoms with Crippen molar-refractivity contribution in [1.82, 2.24) is 0 Å². The first-order valence-electron chi connectivity index (χ1n) is 39.7. The molecule has 0 aromatic rings. The van der Waals surface area contributed by atoms with E-state index in [2.05, 4.69) is 69.2 Å². The third-order valence-corrected chi connectivity index (χ3v) is 27.5. The highest BCUT2D eigenvalue weighted by atomic mass is 31.2. The van der Waals surface area contributed by atoms with E-state index in [0.29, 0.717) is 72.4 Å². The minimum absolute atomic E-state index is 0.0262. The molecule has 90 heavy (non-hydrogen) atoms. The van der Waals surface area contributed by atoms with Crippen LogP contribution in [-0.2, 0) is 46.2 Å². The van der Waals surface area contributed by atoms with Gasteiger partial charge in [0.25, 0.3) is 0 Å². The van der Waals surface area contributed by atoms with E-state index in [-0.39, 0.29) is 60.0 Å². The van der Waals surface area contributed by atoms with Gasteiger partial charge in [-0.2, -0.15) is 0 Å². The summed E-state index contributed by atoms with van der Waals surface area (Å²) in [4.78, 5) is 31.7. The van der Waals surface area contributed by atoms with Gasteiger partial charge in [0.05, 0.1) is 61.7 Å². The fourth-order valence-corrected chi connectivity index (χ4v) is 22.9. The van der Waals surface area contributed by atoms with Crippen molar-refractivity contribution in [3.63, 3.8) is 0 Å². The van der Waals surface area contributed by atoms with E-state index in [1.807, 2.05) is 0 Å². The third kappa shape index (κ3) is 22.3. The molecule has 18 atom stereocenters. The standard InChI is InChI=1S/C78H140O10P2/c1-11-13-15-17-19-21-23-37-51-81-77(79)67-53-59-39-25-27-45-65(59)73(75(67)87-89(83-69-47-33-29-41-61(69)55(3)4)84-70-48-34-30-42-62(70)56(5)6)74-66-46-28-26-40-60(66)54-68(78(80)82-52-38-24-22-20-18-16-14-12-2)76(74)88-90(85-71-49-35-31-43-63(71)57(7)8)86-72-50-36-32-44-64(72)58(9)10/h55-76H,11-54H2,1-10H3. The summed E-state index contributed by atoms with van der Waals surface area (Å²) in [6.45, 7) is 24.5. The number of unbranched alkanes of at least 4 members (excludes halogenated alkanes) is 14. The molecule has 0 amide bonds. The summed E-state index contributed by atoms with van der Waals surface area (Å²) < 4.78 is 60.4. The van der Waals surface area contributed by atoms with Gasteiger partial charge >= 0.3 is 29.1 Å². The quantitative estimate of drug-likeness (QED) is 0.0339. The van der Waals surface area contributed by atoms with Crippen LogP contribution in [0.1, 0.15) is 339 Å². The van der Waals surface area contributed by atoms with Crippen molar-refractivity contribution >= 4 is 29.1 Å². The molecule has 8 aliphatic carbocycles. The van der Waals surface area contributed by atoms with Crippen molar-refractivity contribution < 1.29 is 46.2 Å². The maximum atomic E-state index is 15.8. The van der Waals surface area contributed by atoms with Gasteiger partial charge in [-0.25, -0.2) is 0 Å². The Morgan fingerprint density at radius 2 is 0.600 bits per heavy atom. The van der Waals surface area contributed by atoms with Gasteiger partial charge in [0.1, 0.15) is 0 Å². The molecule has 8 aliphatic rings. The van der Waals surface area contributed by atoms with E-state index in [0.717, 1.165) is 154 Å². The summed E-state index contributed by atoms with van der Waals surface area (Å²) in [5.74, 6) is 3.37. The van der Waals surface area contributed by atoms with Gasteiger partial charge in [0.2, 0.25) is 0 Å². The van der Waals surface area contributed by atoms with Gasteiger partial charge in [-0.15, -0.1) is 0 Å². The first kappa shape index (κ1) is 75.3. The molecule has 8 fully saturated rings. The summed E-state index contributed by atoms with van der Waals surface area (Å²) in [5.41, 5.74) is 0. The predicted octanol–water partition coefficient (Wildman–Crippen LogP) is 23.4. The Hall–Kier alpha value is -0.440. The summed E-state index contributed by atoms with van der Waals surface area (Å²) in [6.07, 6.45) is 46.7. The predicted molar refractivity (Wildman–Crippen MR) is 371 cm³/mol. The lowest BCUT2D eigenvalue weighted by atomic mass is 9.50. The molecule has 522 valence electrons. The normalized spacial score (nSPS) is 35.1. The lowest BCUT2D eigenvalue weighted by molar-refractivity contribution is -0.185. The number of ether oxygens (including phenoxy) is 2. The van der Waals surface area contributed by atoms with Gasteiger partial charge in [0.15, 0.2) is 0 Å². The zero-order chi connectivity index (χ0) is 63.8. The van der Waals surface area contributed by atoms with Crippen LogP contribution in [0.2, 0.25) is 0 Å². The molecular weight excluding hydrogens is 1160 g/mol. The van der Waals surface area contributed by atoms with Gasteiger partial charge in [-0.3, -0.25) is 9.59 Å². The minimum atomic E-state index is -1.91. The van der Waals surface area contributed by atoms with E-state index in [9.17, 15) is 0 Å². The van der Waals surface area contributed by atoms with Crippen molar-refractivity contribution in [2.24, 2.45) is 94.7 Å². The van der Waals surface area contributed by atoms with Crippen molar-refractivity contribution in [1.29, 1.82) is 0 Å². The molecule has 0 saturated heterocycles. The van der Waals surface area contributed by atoms with Crippen molar-refractivity contribution in [2.75, 3.05) is 13.2 Å². The second-order valence-corrected chi connectivity index (χ2v) is 34.6. The maximum absolute atomic E-state index is 15.8. The van der Waals surface area contributed by atoms with E-state index in [1.165, 1.54) is 116 Å². The van der Waals surface area contributed by atoms with E-state index < -0.39 is 41.2 Å². The largest absolute Gasteiger partial charge is 0.465 e. The molecule has 0 aromatic heterocycles. The third-order valence-electron chi connectivity index (χ3n) is 24.9. The van der Waals surface area contributed by atoms with Gasteiger partial charge < -0.3 is 36.6 Å². The Labute approximate surface area is 556 Å². The number of hydrogen-bond donors (Lipinski definition) is 0. The molecule has 0 bridgehead atoms. The molecule has 0 N–H and O–H groups in total. The zero-order valence-corrected chi connectivity index (χ0v) is 61.6. The summed E-state index contributed by atoms with van der Waals surface area (Å²) >= 11 is 0. The number of fused-ring (bicyclic) bond motifs is 2. The van der Waals surface area contributed by atoms with Crippen LogP contribution in [0.15, 0.2) is 0 Å². The van der Waals surface area contributed by atoms with Gasteiger partial charge in [-0.1, -0.05) is 249 Å². The first-order chi connectivity index (χ1) is 43.8. The smallest absolute Gasteiger partial charge is 0.333 e. The highest BCUT2D eigenvalue weighted by Gasteiger charge is 2.61. The minimum Gasteiger partial charge on any atom is -0.465 e. The molecule has 10 nitrogen and oxygen atoms in total. The molecular formula is C78H140O10P2. The Kier molecular flexibility index (Phi) is 33.9. The Morgan fingerprint density at radius 3 is 0.900 bits per heavy atom. The first-order valence-corrected chi connectivity index (χ1v) is 41.9. The molecule has 0 heterocycles. The van der Waals surface area contributed by atoms with Gasteiger partial charge in [-0.05, 0) is 173 Å². The topological polar surface area (TPSA) is 108 Å². The Morgan fingerprint density at radius 1 is 0.333 bits per heavy atom. The molecule has 0 aliphatic heterocycles. The van der Waals surface area contributed by atoms with Crippen LogP contribution in [0.4, 0.5) is 0 Å².